The Kier molecular flexibility index (Phi) is 4.34. The van der Waals surface area contributed by atoms with Crippen LogP contribution in [0.25, 0.3) is 0 Å². The van der Waals surface area contributed by atoms with Crippen molar-refractivity contribution in [2.45, 2.75) is 52.6 Å². The molecule has 0 aromatic heterocycles. The van der Waals surface area contributed by atoms with Crippen molar-refractivity contribution in [1.29, 1.82) is 0 Å². The predicted octanol–water partition coefficient (Wildman–Crippen LogP) is 4.64. The maximum atomic E-state index is 6.01. The van der Waals surface area contributed by atoms with Crippen molar-refractivity contribution >= 4 is 11.6 Å². The first kappa shape index (κ1) is 13.9. The van der Waals surface area contributed by atoms with Crippen LogP contribution in [0.1, 0.15) is 45.6 Å². The van der Waals surface area contributed by atoms with Gasteiger partial charge in [0.1, 0.15) is 0 Å². The summed E-state index contributed by atoms with van der Waals surface area (Å²) in [6, 6.07) is 8.77. The van der Waals surface area contributed by atoms with Crippen LogP contribution < -0.4 is 5.32 Å². The van der Waals surface area contributed by atoms with E-state index in [4.69, 9.17) is 11.6 Å². The van der Waals surface area contributed by atoms with Gasteiger partial charge in [-0.15, -0.1) is 0 Å². The fourth-order valence-electron chi connectivity index (χ4n) is 3.41. The normalized spacial score (nSPS) is 27.1. The molecule has 1 aliphatic rings. The first-order valence-corrected chi connectivity index (χ1v) is 7.30. The van der Waals surface area contributed by atoms with E-state index in [-0.39, 0.29) is 0 Å². The second kappa shape index (κ2) is 5.63. The van der Waals surface area contributed by atoms with E-state index in [1.54, 1.807) is 0 Å². The Morgan fingerprint density at radius 3 is 2.78 bits per heavy atom. The molecule has 0 aliphatic heterocycles. The van der Waals surface area contributed by atoms with Crippen LogP contribution in [0.3, 0.4) is 0 Å². The lowest BCUT2D eigenvalue weighted by Crippen LogP contribution is -2.39. The van der Waals surface area contributed by atoms with Crippen LogP contribution in [0.15, 0.2) is 24.3 Å². The molecule has 1 fully saturated rings. The first-order valence-electron chi connectivity index (χ1n) is 6.92. The van der Waals surface area contributed by atoms with Crippen LogP contribution in [0.5, 0.6) is 0 Å². The van der Waals surface area contributed by atoms with Crippen molar-refractivity contribution < 1.29 is 0 Å². The van der Waals surface area contributed by atoms with Crippen LogP contribution in [0.2, 0.25) is 5.02 Å². The van der Waals surface area contributed by atoms with Crippen molar-refractivity contribution in [3.8, 4) is 0 Å². The third kappa shape index (κ3) is 4.00. The molecule has 2 rings (SSSR count). The van der Waals surface area contributed by atoms with Crippen LogP contribution in [0.4, 0.5) is 0 Å². The summed E-state index contributed by atoms with van der Waals surface area (Å²) in [5, 5.41) is 4.52. The van der Waals surface area contributed by atoms with Gasteiger partial charge in [-0.05, 0) is 48.3 Å². The van der Waals surface area contributed by atoms with Gasteiger partial charge in [0.2, 0.25) is 0 Å². The van der Waals surface area contributed by atoms with Gasteiger partial charge < -0.3 is 5.32 Å². The molecule has 1 aliphatic carbocycles. The van der Waals surface area contributed by atoms with Crippen molar-refractivity contribution in [2.24, 2.45) is 11.3 Å². The lowest BCUT2D eigenvalue weighted by atomic mass is 9.70. The summed E-state index contributed by atoms with van der Waals surface area (Å²) in [5.41, 5.74) is 1.75. The molecule has 0 saturated heterocycles. The van der Waals surface area contributed by atoms with Gasteiger partial charge in [0.15, 0.2) is 0 Å². The Balaban J connectivity index is 1.90. The van der Waals surface area contributed by atoms with Crippen LogP contribution in [0, 0.1) is 11.3 Å². The Morgan fingerprint density at radius 1 is 1.33 bits per heavy atom. The monoisotopic (exact) mass is 265 g/mol. The number of rotatable bonds is 3. The molecule has 2 heteroatoms. The predicted molar refractivity (Wildman–Crippen MR) is 78.9 cm³/mol. The molecule has 0 radical (unpaired) electrons. The lowest BCUT2D eigenvalue weighted by molar-refractivity contribution is 0.151. The average molecular weight is 266 g/mol. The van der Waals surface area contributed by atoms with E-state index >= 15 is 0 Å². The topological polar surface area (TPSA) is 12.0 Å². The smallest absolute Gasteiger partial charge is 0.0409 e. The third-order valence-corrected chi connectivity index (χ3v) is 4.11. The van der Waals surface area contributed by atoms with Gasteiger partial charge in [0.25, 0.3) is 0 Å². The second-order valence-corrected chi connectivity index (χ2v) is 7.06. The molecule has 1 N–H and O–H groups in total. The van der Waals surface area contributed by atoms with E-state index in [2.05, 4.69) is 32.2 Å². The highest BCUT2D eigenvalue weighted by Gasteiger charge is 2.31. The SMILES string of the molecule is CC1CC(NCc2cccc(Cl)c2)CC(C)(C)C1. The molecule has 2 unspecified atom stereocenters. The van der Waals surface area contributed by atoms with Gasteiger partial charge in [0.05, 0.1) is 0 Å². The van der Waals surface area contributed by atoms with E-state index in [9.17, 15) is 0 Å². The highest BCUT2D eigenvalue weighted by Crippen LogP contribution is 2.38. The fourth-order valence-corrected chi connectivity index (χ4v) is 3.62. The van der Waals surface area contributed by atoms with Crippen molar-refractivity contribution in [3.05, 3.63) is 34.9 Å². The minimum absolute atomic E-state index is 0.476. The fraction of sp³-hybridized carbons (Fsp3) is 0.625. The number of benzene rings is 1. The molecule has 0 spiro atoms. The van der Waals surface area contributed by atoms with Crippen molar-refractivity contribution in [1.82, 2.24) is 5.32 Å². The maximum absolute atomic E-state index is 6.01. The van der Waals surface area contributed by atoms with E-state index in [0.29, 0.717) is 11.5 Å². The van der Waals surface area contributed by atoms with Crippen LogP contribution >= 0.6 is 11.6 Å². The van der Waals surface area contributed by atoms with Crippen molar-refractivity contribution in [3.63, 3.8) is 0 Å². The number of hydrogen-bond acceptors (Lipinski definition) is 1. The summed E-state index contributed by atoms with van der Waals surface area (Å²) >= 11 is 6.01. The summed E-state index contributed by atoms with van der Waals surface area (Å²) in [5.74, 6) is 0.825. The summed E-state index contributed by atoms with van der Waals surface area (Å²) < 4.78 is 0. The summed E-state index contributed by atoms with van der Waals surface area (Å²) in [6.07, 6.45) is 3.92. The molecule has 0 bridgehead atoms. The molecule has 100 valence electrons. The largest absolute Gasteiger partial charge is 0.310 e. The third-order valence-electron chi connectivity index (χ3n) is 3.87. The Bertz CT molecular complexity index is 400. The molecule has 1 nitrogen and oxygen atoms in total. The second-order valence-electron chi connectivity index (χ2n) is 6.62. The van der Waals surface area contributed by atoms with E-state index in [1.807, 2.05) is 18.2 Å². The molecule has 0 amide bonds. The Labute approximate surface area is 116 Å². The molecule has 1 saturated carbocycles. The van der Waals surface area contributed by atoms with Gasteiger partial charge >= 0.3 is 0 Å². The van der Waals surface area contributed by atoms with Crippen molar-refractivity contribution in [2.75, 3.05) is 0 Å². The van der Waals surface area contributed by atoms with Gasteiger partial charge in [-0.3, -0.25) is 0 Å². The lowest BCUT2D eigenvalue weighted by Gasteiger charge is -2.39. The molecule has 18 heavy (non-hydrogen) atoms. The highest BCUT2D eigenvalue weighted by atomic mass is 35.5. The Morgan fingerprint density at radius 2 is 2.11 bits per heavy atom. The zero-order valence-corrected chi connectivity index (χ0v) is 12.4. The van der Waals surface area contributed by atoms with Gasteiger partial charge in [-0.25, -0.2) is 0 Å². The Hall–Kier alpha value is -0.530. The average Bonchev–Trinajstić information content (AvgIpc) is 2.24. The van der Waals surface area contributed by atoms with Crippen LogP contribution in [-0.4, -0.2) is 6.04 Å². The summed E-state index contributed by atoms with van der Waals surface area (Å²) in [7, 11) is 0. The van der Waals surface area contributed by atoms with E-state index < -0.39 is 0 Å². The number of halogens is 1. The number of hydrogen-bond donors (Lipinski definition) is 1. The van der Waals surface area contributed by atoms with Gasteiger partial charge in [-0.1, -0.05) is 44.5 Å². The minimum Gasteiger partial charge on any atom is -0.310 e. The van der Waals surface area contributed by atoms with E-state index in [1.165, 1.54) is 24.8 Å². The first-order chi connectivity index (χ1) is 8.44. The zero-order valence-electron chi connectivity index (χ0n) is 11.7. The maximum Gasteiger partial charge on any atom is 0.0409 e. The molecule has 0 heterocycles. The highest BCUT2D eigenvalue weighted by molar-refractivity contribution is 6.30. The van der Waals surface area contributed by atoms with Crippen LogP contribution in [-0.2, 0) is 6.54 Å². The molecule has 1 aromatic carbocycles. The number of nitrogens with one attached hydrogen (secondary N) is 1. The quantitative estimate of drug-likeness (QED) is 0.839. The standard InChI is InChI=1S/C16H24ClN/c1-12-7-15(10-16(2,3)9-12)18-11-13-5-4-6-14(17)8-13/h4-6,8,12,15,18H,7,9-11H2,1-3H3. The molecule has 1 aromatic rings. The van der Waals surface area contributed by atoms with E-state index in [0.717, 1.165) is 17.5 Å². The molecular weight excluding hydrogens is 242 g/mol. The molecular formula is C16H24ClN. The summed E-state index contributed by atoms with van der Waals surface area (Å²) in [6.45, 7) is 8.07. The molecule has 2 atom stereocenters. The summed E-state index contributed by atoms with van der Waals surface area (Å²) in [4.78, 5) is 0. The van der Waals surface area contributed by atoms with Gasteiger partial charge in [-0.2, -0.15) is 0 Å². The van der Waals surface area contributed by atoms with Gasteiger partial charge in [0, 0.05) is 17.6 Å². The minimum atomic E-state index is 0.476. The zero-order chi connectivity index (χ0) is 13.2.